The fraction of sp³-hybridized carbons (Fsp3) is 0.250. The summed E-state index contributed by atoms with van der Waals surface area (Å²) in [6.45, 7) is 0. The van der Waals surface area contributed by atoms with Gasteiger partial charge in [-0.05, 0) is 18.2 Å². The van der Waals surface area contributed by atoms with Gasteiger partial charge in [-0.25, -0.2) is 0 Å². The zero-order valence-corrected chi connectivity index (χ0v) is 9.11. The highest BCUT2D eigenvalue weighted by atomic mass is 16.5. The maximum absolute atomic E-state index is 10.3. The summed E-state index contributed by atoms with van der Waals surface area (Å²) in [5.41, 5.74) is 0.614. The maximum atomic E-state index is 10.3. The van der Waals surface area contributed by atoms with Crippen LogP contribution in [0.15, 0.2) is 18.2 Å². The molecule has 0 bridgehead atoms. The van der Waals surface area contributed by atoms with Gasteiger partial charge in [-0.3, -0.25) is 4.79 Å². The van der Waals surface area contributed by atoms with Gasteiger partial charge in [0, 0.05) is 0 Å². The van der Waals surface area contributed by atoms with Crippen LogP contribution in [0.3, 0.4) is 0 Å². The zero-order valence-electron chi connectivity index (χ0n) is 9.11. The summed E-state index contributed by atoms with van der Waals surface area (Å²) in [4.78, 5) is 10.3. The van der Waals surface area contributed by atoms with Gasteiger partial charge in [-0.15, -0.1) is 0 Å². The Morgan fingerprint density at radius 1 is 1.38 bits per heavy atom. The van der Waals surface area contributed by atoms with E-state index in [0.717, 1.165) is 0 Å². The smallest absolute Gasteiger partial charge is 0.315 e. The largest absolute Gasteiger partial charge is 0.497 e. The van der Waals surface area contributed by atoms with E-state index in [9.17, 15) is 4.79 Å². The van der Waals surface area contributed by atoms with Crippen LogP contribution in [0.2, 0.25) is 0 Å². The molecule has 1 N–H and O–H groups in total. The lowest BCUT2D eigenvalue weighted by atomic mass is 10.2. The number of hydrogen-bond donors (Lipinski definition) is 1. The predicted octanol–water partition coefficient (Wildman–Crippen LogP) is 1.53. The summed E-state index contributed by atoms with van der Waals surface area (Å²) >= 11 is 0. The molecule has 0 amide bonds. The lowest BCUT2D eigenvalue weighted by Crippen LogP contribution is -1.92. The number of carboxylic acid groups (broad SMARTS) is 1. The van der Waals surface area contributed by atoms with Gasteiger partial charge >= 0.3 is 5.97 Å². The molecule has 0 aliphatic rings. The lowest BCUT2D eigenvalue weighted by molar-refractivity contribution is -0.135. The van der Waals surface area contributed by atoms with Crippen LogP contribution in [-0.4, -0.2) is 25.3 Å². The van der Waals surface area contributed by atoms with Crippen molar-refractivity contribution in [2.45, 2.75) is 6.42 Å². The molecule has 0 saturated carbocycles. The number of ether oxygens (including phenoxy) is 2. The molecule has 16 heavy (non-hydrogen) atoms. The van der Waals surface area contributed by atoms with Crippen molar-refractivity contribution in [3.05, 3.63) is 23.8 Å². The standard InChI is InChI=1S/C12H12O4/c1-15-10-6-7-11(16-2)9(8-10)4-3-5-12(13)14/h6-8H,5H2,1-2H3,(H,13,14). The van der Waals surface area contributed by atoms with E-state index in [4.69, 9.17) is 14.6 Å². The second kappa shape index (κ2) is 5.66. The highest BCUT2D eigenvalue weighted by molar-refractivity contribution is 5.70. The van der Waals surface area contributed by atoms with Crippen LogP contribution in [0.5, 0.6) is 11.5 Å². The monoisotopic (exact) mass is 220 g/mol. The van der Waals surface area contributed by atoms with E-state index >= 15 is 0 Å². The van der Waals surface area contributed by atoms with Crippen LogP contribution in [0.4, 0.5) is 0 Å². The van der Waals surface area contributed by atoms with Gasteiger partial charge in [0.15, 0.2) is 0 Å². The third-order valence-electron chi connectivity index (χ3n) is 1.87. The highest BCUT2D eigenvalue weighted by Crippen LogP contribution is 2.22. The molecule has 4 nitrogen and oxygen atoms in total. The molecule has 0 aliphatic carbocycles. The third-order valence-corrected chi connectivity index (χ3v) is 1.87. The highest BCUT2D eigenvalue weighted by Gasteiger charge is 2.01. The molecule has 0 saturated heterocycles. The summed E-state index contributed by atoms with van der Waals surface area (Å²) < 4.78 is 10.1. The molecule has 84 valence electrons. The quantitative estimate of drug-likeness (QED) is 0.785. The lowest BCUT2D eigenvalue weighted by Gasteiger charge is -2.05. The second-order valence-electron chi connectivity index (χ2n) is 2.94. The Kier molecular flexibility index (Phi) is 4.22. The molecule has 0 spiro atoms. The first-order valence-corrected chi connectivity index (χ1v) is 4.60. The molecule has 0 heterocycles. The van der Waals surface area contributed by atoms with Crippen molar-refractivity contribution in [1.82, 2.24) is 0 Å². The van der Waals surface area contributed by atoms with Gasteiger partial charge in [0.05, 0.1) is 19.8 Å². The molecule has 0 fully saturated rings. The Hall–Kier alpha value is -2.15. The Morgan fingerprint density at radius 2 is 2.12 bits per heavy atom. The molecule has 0 aromatic heterocycles. The van der Waals surface area contributed by atoms with Crippen molar-refractivity contribution in [3.63, 3.8) is 0 Å². The van der Waals surface area contributed by atoms with Gasteiger partial charge < -0.3 is 14.6 Å². The number of hydrogen-bond acceptors (Lipinski definition) is 3. The Morgan fingerprint density at radius 3 is 2.69 bits per heavy atom. The summed E-state index contributed by atoms with van der Waals surface area (Å²) in [6, 6.07) is 5.18. The van der Waals surface area contributed by atoms with Crippen LogP contribution >= 0.6 is 0 Å². The number of benzene rings is 1. The number of carbonyl (C=O) groups is 1. The molecule has 0 radical (unpaired) electrons. The fourth-order valence-electron chi connectivity index (χ4n) is 1.13. The average molecular weight is 220 g/mol. The first kappa shape index (κ1) is 11.9. The molecular weight excluding hydrogens is 208 g/mol. The van der Waals surface area contributed by atoms with Gasteiger partial charge in [0.25, 0.3) is 0 Å². The van der Waals surface area contributed by atoms with Gasteiger partial charge in [0.2, 0.25) is 0 Å². The first-order valence-electron chi connectivity index (χ1n) is 4.60. The Balaban J connectivity index is 2.98. The van der Waals surface area contributed by atoms with Gasteiger partial charge in [0.1, 0.15) is 17.9 Å². The topological polar surface area (TPSA) is 55.8 Å². The molecule has 4 heteroatoms. The Bertz CT molecular complexity index is 440. The van der Waals surface area contributed by atoms with Crippen molar-refractivity contribution in [2.24, 2.45) is 0 Å². The second-order valence-corrected chi connectivity index (χ2v) is 2.94. The number of carboxylic acids is 1. The molecular formula is C12H12O4. The average Bonchev–Trinajstić information content (AvgIpc) is 2.28. The first-order chi connectivity index (χ1) is 7.67. The van der Waals surface area contributed by atoms with E-state index in [1.807, 2.05) is 0 Å². The van der Waals surface area contributed by atoms with Crippen molar-refractivity contribution < 1.29 is 19.4 Å². The predicted molar refractivity (Wildman–Crippen MR) is 58.7 cm³/mol. The summed E-state index contributed by atoms with van der Waals surface area (Å²) in [6.07, 6.45) is -0.194. The Labute approximate surface area is 93.8 Å². The minimum Gasteiger partial charge on any atom is -0.497 e. The zero-order chi connectivity index (χ0) is 12.0. The summed E-state index contributed by atoms with van der Waals surface area (Å²) in [5, 5.41) is 8.46. The van der Waals surface area contributed by atoms with Crippen LogP contribution in [0, 0.1) is 11.8 Å². The van der Waals surface area contributed by atoms with Gasteiger partial charge in [-0.1, -0.05) is 11.8 Å². The van der Waals surface area contributed by atoms with E-state index in [-0.39, 0.29) is 6.42 Å². The van der Waals surface area contributed by atoms with Crippen LogP contribution in [0.25, 0.3) is 0 Å². The maximum Gasteiger partial charge on any atom is 0.315 e. The molecule has 0 atom stereocenters. The summed E-state index contributed by atoms with van der Waals surface area (Å²) in [5.74, 6) is 5.58. The van der Waals surface area contributed by atoms with Crippen LogP contribution < -0.4 is 9.47 Å². The minimum absolute atomic E-state index is 0.194. The van der Waals surface area contributed by atoms with Crippen molar-refractivity contribution >= 4 is 5.97 Å². The normalized spacial score (nSPS) is 8.88. The molecule has 1 rings (SSSR count). The number of aliphatic carboxylic acids is 1. The SMILES string of the molecule is COc1ccc(OC)c(C#CCC(=O)O)c1. The fourth-order valence-corrected chi connectivity index (χ4v) is 1.13. The van der Waals surface area contributed by atoms with Crippen molar-refractivity contribution in [3.8, 4) is 23.3 Å². The number of methoxy groups -OCH3 is 2. The van der Waals surface area contributed by atoms with Crippen LogP contribution in [-0.2, 0) is 4.79 Å². The molecule has 0 unspecified atom stereocenters. The van der Waals surface area contributed by atoms with Gasteiger partial charge in [-0.2, -0.15) is 0 Å². The van der Waals surface area contributed by atoms with Crippen molar-refractivity contribution in [2.75, 3.05) is 14.2 Å². The molecule has 1 aromatic rings. The third kappa shape index (κ3) is 3.21. The summed E-state index contributed by atoms with van der Waals surface area (Å²) in [7, 11) is 3.08. The van der Waals surface area contributed by atoms with E-state index in [1.54, 1.807) is 25.3 Å². The minimum atomic E-state index is -0.950. The van der Waals surface area contributed by atoms with E-state index < -0.39 is 5.97 Å². The molecule has 0 aliphatic heterocycles. The number of rotatable bonds is 3. The van der Waals surface area contributed by atoms with E-state index in [0.29, 0.717) is 17.1 Å². The van der Waals surface area contributed by atoms with Crippen molar-refractivity contribution in [1.29, 1.82) is 0 Å². The van der Waals surface area contributed by atoms with Crippen LogP contribution in [0.1, 0.15) is 12.0 Å². The van der Waals surface area contributed by atoms with E-state index in [1.165, 1.54) is 7.11 Å². The van der Waals surface area contributed by atoms with E-state index in [2.05, 4.69) is 11.8 Å². The molecule has 1 aromatic carbocycles.